The first-order valence-electron chi connectivity index (χ1n) is 7.21. The van der Waals surface area contributed by atoms with Crippen LogP contribution in [0.5, 0.6) is 5.75 Å². The Hall–Kier alpha value is -1.71. The van der Waals surface area contributed by atoms with E-state index in [4.69, 9.17) is 9.47 Å². The molecule has 0 saturated carbocycles. The van der Waals surface area contributed by atoms with Crippen LogP contribution in [0.2, 0.25) is 0 Å². The zero-order valence-electron chi connectivity index (χ0n) is 12.9. The molecule has 0 aliphatic heterocycles. The van der Waals surface area contributed by atoms with Crippen molar-refractivity contribution >= 4 is 11.7 Å². The molecule has 0 heterocycles. The first-order valence-corrected chi connectivity index (χ1v) is 7.21. The molecule has 1 aromatic rings. The standard InChI is InChI=1S/C16H25NO3/c1-5-12-16(6-2,15(18)20-7-3)17-13-8-10-14(19-4)11-9-13/h8-11,17H,5-7,12H2,1-4H3. The van der Waals surface area contributed by atoms with E-state index in [0.717, 1.165) is 24.3 Å². The van der Waals surface area contributed by atoms with E-state index in [-0.39, 0.29) is 5.97 Å². The Kier molecular flexibility index (Phi) is 6.36. The summed E-state index contributed by atoms with van der Waals surface area (Å²) in [6, 6.07) is 7.58. The van der Waals surface area contributed by atoms with Gasteiger partial charge in [0.1, 0.15) is 11.3 Å². The zero-order valence-corrected chi connectivity index (χ0v) is 12.9. The highest BCUT2D eigenvalue weighted by atomic mass is 16.5. The van der Waals surface area contributed by atoms with Crippen molar-refractivity contribution in [2.75, 3.05) is 19.0 Å². The lowest BCUT2D eigenvalue weighted by Gasteiger charge is -2.32. The van der Waals surface area contributed by atoms with Gasteiger partial charge in [0, 0.05) is 5.69 Å². The van der Waals surface area contributed by atoms with Crippen LogP contribution in [0.4, 0.5) is 5.69 Å². The second kappa shape index (κ2) is 7.78. The van der Waals surface area contributed by atoms with Gasteiger partial charge in [0.2, 0.25) is 0 Å². The molecule has 20 heavy (non-hydrogen) atoms. The summed E-state index contributed by atoms with van der Waals surface area (Å²) in [5.41, 5.74) is 0.244. The number of hydrogen-bond donors (Lipinski definition) is 1. The summed E-state index contributed by atoms with van der Waals surface area (Å²) in [5.74, 6) is 0.615. The number of methoxy groups -OCH3 is 1. The number of benzene rings is 1. The van der Waals surface area contributed by atoms with E-state index in [0.29, 0.717) is 13.0 Å². The van der Waals surface area contributed by atoms with E-state index < -0.39 is 5.54 Å². The molecule has 0 aliphatic carbocycles. The number of hydrogen-bond acceptors (Lipinski definition) is 4. The first-order chi connectivity index (χ1) is 9.61. The van der Waals surface area contributed by atoms with E-state index >= 15 is 0 Å². The molecule has 0 aliphatic rings. The predicted octanol–water partition coefficient (Wildman–Crippen LogP) is 3.62. The van der Waals surface area contributed by atoms with Crippen LogP contribution in [0.3, 0.4) is 0 Å². The number of nitrogens with one attached hydrogen (secondary N) is 1. The molecule has 0 spiro atoms. The SMILES string of the molecule is CCCC(CC)(Nc1ccc(OC)cc1)C(=O)OCC. The number of rotatable bonds is 8. The average molecular weight is 279 g/mol. The fraction of sp³-hybridized carbons (Fsp3) is 0.562. The molecule has 1 atom stereocenters. The van der Waals surface area contributed by atoms with Gasteiger partial charge >= 0.3 is 5.97 Å². The maximum Gasteiger partial charge on any atom is 0.331 e. The third-order valence-corrected chi connectivity index (χ3v) is 3.42. The third-order valence-electron chi connectivity index (χ3n) is 3.42. The fourth-order valence-electron chi connectivity index (χ4n) is 2.27. The Balaban J connectivity index is 2.94. The topological polar surface area (TPSA) is 47.6 Å². The van der Waals surface area contributed by atoms with Crippen molar-refractivity contribution in [3.63, 3.8) is 0 Å². The van der Waals surface area contributed by atoms with Crippen molar-refractivity contribution in [1.29, 1.82) is 0 Å². The van der Waals surface area contributed by atoms with Gasteiger partial charge < -0.3 is 14.8 Å². The summed E-state index contributed by atoms with van der Waals surface area (Å²) in [6.07, 6.45) is 2.34. The van der Waals surface area contributed by atoms with E-state index in [2.05, 4.69) is 12.2 Å². The number of anilines is 1. The van der Waals surface area contributed by atoms with Crippen LogP contribution in [0.15, 0.2) is 24.3 Å². The monoisotopic (exact) mass is 279 g/mol. The number of esters is 1. The summed E-state index contributed by atoms with van der Waals surface area (Å²) in [7, 11) is 1.63. The molecule has 0 saturated heterocycles. The van der Waals surface area contributed by atoms with Gasteiger partial charge in [-0.1, -0.05) is 20.3 Å². The molecular weight excluding hydrogens is 254 g/mol. The van der Waals surface area contributed by atoms with Gasteiger partial charge in [-0.05, 0) is 44.0 Å². The predicted molar refractivity (Wildman–Crippen MR) is 81.2 cm³/mol. The first kappa shape index (κ1) is 16.3. The second-order valence-corrected chi connectivity index (χ2v) is 4.76. The quantitative estimate of drug-likeness (QED) is 0.738. The molecule has 0 aromatic heterocycles. The zero-order chi connectivity index (χ0) is 15.0. The van der Waals surface area contributed by atoms with E-state index in [1.54, 1.807) is 7.11 Å². The minimum atomic E-state index is -0.653. The van der Waals surface area contributed by atoms with Gasteiger partial charge in [-0.2, -0.15) is 0 Å². The lowest BCUT2D eigenvalue weighted by Crippen LogP contribution is -2.47. The smallest absolute Gasteiger partial charge is 0.331 e. The number of ether oxygens (including phenoxy) is 2. The molecule has 1 aromatic carbocycles. The summed E-state index contributed by atoms with van der Waals surface area (Å²) in [4.78, 5) is 12.3. The minimum Gasteiger partial charge on any atom is -0.497 e. The molecule has 0 fully saturated rings. The number of carbonyl (C=O) groups is 1. The van der Waals surface area contributed by atoms with Crippen LogP contribution < -0.4 is 10.1 Å². The van der Waals surface area contributed by atoms with Gasteiger partial charge in [0.15, 0.2) is 0 Å². The van der Waals surface area contributed by atoms with Crippen molar-refractivity contribution in [3.8, 4) is 5.75 Å². The van der Waals surface area contributed by atoms with Crippen molar-refractivity contribution in [2.24, 2.45) is 0 Å². The number of carbonyl (C=O) groups excluding carboxylic acids is 1. The Morgan fingerprint density at radius 1 is 1.20 bits per heavy atom. The molecule has 4 heteroatoms. The third kappa shape index (κ3) is 3.89. The Bertz CT molecular complexity index is 416. The second-order valence-electron chi connectivity index (χ2n) is 4.76. The molecule has 4 nitrogen and oxygen atoms in total. The van der Waals surface area contributed by atoms with Crippen LogP contribution in [0, 0.1) is 0 Å². The lowest BCUT2D eigenvalue weighted by atomic mass is 9.90. The average Bonchev–Trinajstić information content (AvgIpc) is 2.47. The van der Waals surface area contributed by atoms with Crippen LogP contribution >= 0.6 is 0 Å². The van der Waals surface area contributed by atoms with Crippen molar-refractivity contribution in [3.05, 3.63) is 24.3 Å². The van der Waals surface area contributed by atoms with Crippen molar-refractivity contribution < 1.29 is 14.3 Å². The highest BCUT2D eigenvalue weighted by Crippen LogP contribution is 2.26. The maximum atomic E-state index is 12.3. The largest absolute Gasteiger partial charge is 0.497 e. The molecule has 0 amide bonds. The van der Waals surface area contributed by atoms with Gasteiger partial charge in [0.05, 0.1) is 13.7 Å². The van der Waals surface area contributed by atoms with Crippen molar-refractivity contribution in [1.82, 2.24) is 0 Å². The molecular formula is C16H25NO3. The molecule has 1 rings (SSSR count). The highest BCUT2D eigenvalue weighted by Gasteiger charge is 2.37. The summed E-state index contributed by atoms with van der Waals surface area (Å²) >= 11 is 0. The van der Waals surface area contributed by atoms with Crippen molar-refractivity contribution in [2.45, 2.75) is 45.6 Å². The van der Waals surface area contributed by atoms with Crippen LogP contribution in [0.25, 0.3) is 0 Å². The molecule has 0 bridgehead atoms. The summed E-state index contributed by atoms with van der Waals surface area (Å²) in [5, 5.41) is 3.35. The van der Waals surface area contributed by atoms with Crippen LogP contribution in [-0.4, -0.2) is 25.2 Å². The molecule has 1 N–H and O–H groups in total. The lowest BCUT2D eigenvalue weighted by molar-refractivity contribution is -0.149. The summed E-state index contributed by atoms with van der Waals surface area (Å²) < 4.78 is 10.4. The minimum absolute atomic E-state index is 0.180. The normalized spacial score (nSPS) is 13.4. The van der Waals surface area contributed by atoms with Gasteiger partial charge in [-0.25, -0.2) is 4.79 Å². The maximum absolute atomic E-state index is 12.3. The molecule has 1 unspecified atom stereocenters. The van der Waals surface area contributed by atoms with Gasteiger partial charge in [0.25, 0.3) is 0 Å². The van der Waals surface area contributed by atoms with Gasteiger partial charge in [-0.15, -0.1) is 0 Å². The molecule has 112 valence electrons. The molecule has 0 radical (unpaired) electrons. The van der Waals surface area contributed by atoms with Gasteiger partial charge in [-0.3, -0.25) is 0 Å². The Morgan fingerprint density at radius 3 is 2.30 bits per heavy atom. The highest BCUT2D eigenvalue weighted by molar-refractivity contribution is 5.84. The van der Waals surface area contributed by atoms with Crippen LogP contribution in [-0.2, 0) is 9.53 Å². The van der Waals surface area contributed by atoms with Crippen LogP contribution in [0.1, 0.15) is 40.0 Å². The Labute approximate surface area is 121 Å². The van der Waals surface area contributed by atoms with E-state index in [1.807, 2.05) is 38.1 Å². The summed E-state index contributed by atoms with van der Waals surface area (Å²) in [6.45, 7) is 6.30. The van der Waals surface area contributed by atoms with E-state index in [9.17, 15) is 4.79 Å². The Morgan fingerprint density at radius 2 is 1.85 bits per heavy atom. The van der Waals surface area contributed by atoms with E-state index in [1.165, 1.54) is 0 Å². The fourth-order valence-corrected chi connectivity index (χ4v) is 2.27.